The zero-order valence-electron chi connectivity index (χ0n) is 19.3. The van der Waals surface area contributed by atoms with E-state index in [2.05, 4.69) is 10.5 Å². The maximum atomic E-state index is 12.6. The third kappa shape index (κ3) is 6.11. The number of hydrogen-bond acceptors (Lipinski definition) is 7. The molecule has 9 heteroatoms. The summed E-state index contributed by atoms with van der Waals surface area (Å²) in [4.78, 5) is 12.6. The molecular weight excluding hydrogens is 460 g/mol. The Morgan fingerprint density at radius 2 is 1.53 bits per heavy atom. The summed E-state index contributed by atoms with van der Waals surface area (Å²) < 4.78 is 27.1. The predicted molar refractivity (Wildman–Crippen MR) is 130 cm³/mol. The molecule has 0 saturated heterocycles. The lowest BCUT2D eigenvalue weighted by Crippen LogP contribution is -2.18. The highest BCUT2D eigenvalue weighted by Gasteiger charge is 2.16. The summed E-state index contributed by atoms with van der Waals surface area (Å²) in [6, 6.07) is 15.7. The van der Waals surface area contributed by atoms with Crippen LogP contribution >= 0.6 is 11.6 Å². The van der Waals surface area contributed by atoms with Crippen LogP contribution in [0.25, 0.3) is 0 Å². The van der Waals surface area contributed by atoms with E-state index in [0.29, 0.717) is 39.3 Å². The van der Waals surface area contributed by atoms with E-state index >= 15 is 0 Å². The van der Waals surface area contributed by atoms with Crippen molar-refractivity contribution in [2.24, 2.45) is 5.10 Å². The lowest BCUT2D eigenvalue weighted by molar-refractivity contribution is 0.0954. The SMILES string of the molecule is COc1ccc(/C=N/NC(=O)c2cc(OC)c(OC)c(OC)c2)cc1COc1ccc(Cl)cc1. The van der Waals surface area contributed by atoms with E-state index in [1.54, 1.807) is 43.5 Å². The molecule has 3 aromatic carbocycles. The number of methoxy groups -OCH3 is 4. The van der Waals surface area contributed by atoms with Gasteiger partial charge in [0.2, 0.25) is 5.75 Å². The molecule has 0 saturated carbocycles. The van der Waals surface area contributed by atoms with Gasteiger partial charge >= 0.3 is 0 Å². The molecule has 0 aliphatic carbocycles. The van der Waals surface area contributed by atoms with Gasteiger partial charge in [0.1, 0.15) is 18.1 Å². The molecule has 0 aliphatic rings. The second-order valence-corrected chi connectivity index (χ2v) is 7.36. The summed E-state index contributed by atoms with van der Waals surface area (Å²) in [5.74, 6) is 2.07. The molecule has 0 radical (unpaired) electrons. The van der Waals surface area contributed by atoms with Crippen molar-refractivity contribution in [3.05, 3.63) is 76.3 Å². The minimum absolute atomic E-state index is 0.282. The van der Waals surface area contributed by atoms with Gasteiger partial charge in [0.05, 0.1) is 34.7 Å². The molecule has 178 valence electrons. The van der Waals surface area contributed by atoms with E-state index in [0.717, 1.165) is 11.1 Å². The molecule has 1 amide bonds. The van der Waals surface area contributed by atoms with Crippen LogP contribution in [0.3, 0.4) is 0 Å². The van der Waals surface area contributed by atoms with E-state index in [1.807, 2.05) is 18.2 Å². The van der Waals surface area contributed by atoms with Crippen LogP contribution in [0.4, 0.5) is 0 Å². The standard InChI is InChI=1S/C25H25ClN2O6/c1-30-21-10-5-16(11-18(21)15-34-20-8-6-19(26)7-9-20)14-27-28-25(29)17-12-22(31-2)24(33-4)23(13-17)32-3/h5-14H,15H2,1-4H3,(H,28,29)/b27-14+. The third-order valence-electron chi connectivity index (χ3n) is 4.82. The highest BCUT2D eigenvalue weighted by molar-refractivity contribution is 6.30. The van der Waals surface area contributed by atoms with Crippen molar-refractivity contribution in [2.45, 2.75) is 6.61 Å². The number of carbonyl (C=O) groups excluding carboxylic acids is 1. The second-order valence-electron chi connectivity index (χ2n) is 6.93. The molecule has 8 nitrogen and oxygen atoms in total. The molecule has 0 atom stereocenters. The summed E-state index contributed by atoms with van der Waals surface area (Å²) in [5, 5.41) is 4.70. The van der Waals surface area contributed by atoms with Crippen LogP contribution in [-0.4, -0.2) is 40.6 Å². The van der Waals surface area contributed by atoms with E-state index < -0.39 is 5.91 Å². The van der Waals surface area contributed by atoms with Gasteiger partial charge in [-0.1, -0.05) is 11.6 Å². The number of rotatable bonds is 10. The van der Waals surface area contributed by atoms with Gasteiger partial charge in [-0.3, -0.25) is 4.79 Å². The smallest absolute Gasteiger partial charge is 0.271 e. The largest absolute Gasteiger partial charge is 0.496 e. The molecule has 3 rings (SSSR count). The van der Waals surface area contributed by atoms with Gasteiger partial charge in [0.25, 0.3) is 5.91 Å². The van der Waals surface area contributed by atoms with Crippen molar-refractivity contribution in [1.82, 2.24) is 5.43 Å². The Hall–Kier alpha value is -3.91. The quantitative estimate of drug-likeness (QED) is 0.331. The Balaban J connectivity index is 1.71. The fourth-order valence-electron chi connectivity index (χ4n) is 3.13. The van der Waals surface area contributed by atoms with Crippen LogP contribution in [0.15, 0.2) is 59.7 Å². The maximum Gasteiger partial charge on any atom is 0.271 e. The van der Waals surface area contributed by atoms with Crippen molar-refractivity contribution in [1.29, 1.82) is 0 Å². The first kappa shape index (κ1) is 24.7. The molecule has 34 heavy (non-hydrogen) atoms. The number of benzene rings is 3. The Morgan fingerprint density at radius 3 is 2.12 bits per heavy atom. The van der Waals surface area contributed by atoms with Crippen LogP contribution < -0.4 is 29.1 Å². The van der Waals surface area contributed by atoms with E-state index in [9.17, 15) is 4.79 Å². The number of nitrogens with zero attached hydrogens (tertiary/aromatic N) is 1. The summed E-state index contributed by atoms with van der Waals surface area (Å²) in [5.41, 5.74) is 4.37. The third-order valence-corrected chi connectivity index (χ3v) is 5.07. The minimum Gasteiger partial charge on any atom is -0.496 e. The summed E-state index contributed by atoms with van der Waals surface area (Å²) in [6.07, 6.45) is 1.53. The second kappa shape index (κ2) is 11.8. The number of halogens is 1. The molecule has 0 heterocycles. The highest BCUT2D eigenvalue weighted by Crippen LogP contribution is 2.38. The normalized spacial score (nSPS) is 10.6. The first-order chi connectivity index (χ1) is 16.5. The maximum absolute atomic E-state index is 12.6. The van der Waals surface area contributed by atoms with Gasteiger partial charge in [-0.25, -0.2) is 5.43 Å². The lowest BCUT2D eigenvalue weighted by atomic mass is 10.1. The van der Waals surface area contributed by atoms with Crippen molar-refractivity contribution >= 4 is 23.7 Å². The van der Waals surface area contributed by atoms with Gasteiger partial charge in [0, 0.05) is 16.1 Å². The molecule has 0 spiro atoms. The fourth-order valence-corrected chi connectivity index (χ4v) is 3.25. The minimum atomic E-state index is -0.435. The Bertz CT molecular complexity index is 1140. The Labute approximate surface area is 203 Å². The van der Waals surface area contributed by atoms with Crippen LogP contribution in [0.1, 0.15) is 21.5 Å². The molecule has 0 fully saturated rings. The summed E-state index contributed by atoms with van der Waals surface area (Å²) >= 11 is 5.91. The number of hydrazone groups is 1. The number of nitrogens with one attached hydrogen (secondary N) is 1. The number of hydrogen-bond donors (Lipinski definition) is 1. The monoisotopic (exact) mass is 484 g/mol. The van der Waals surface area contributed by atoms with E-state index in [4.69, 9.17) is 35.3 Å². The zero-order chi connectivity index (χ0) is 24.5. The van der Waals surface area contributed by atoms with Crippen LogP contribution in [0, 0.1) is 0 Å². The highest BCUT2D eigenvalue weighted by atomic mass is 35.5. The van der Waals surface area contributed by atoms with Crippen molar-refractivity contribution in [3.63, 3.8) is 0 Å². The predicted octanol–water partition coefficient (Wildman–Crippen LogP) is 4.72. The Morgan fingerprint density at radius 1 is 0.882 bits per heavy atom. The molecule has 1 N–H and O–H groups in total. The number of amides is 1. The van der Waals surface area contributed by atoms with Gasteiger partial charge in [-0.05, 0) is 60.2 Å². The van der Waals surface area contributed by atoms with Gasteiger partial charge in [0.15, 0.2) is 11.5 Å². The van der Waals surface area contributed by atoms with Crippen molar-refractivity contribution in [3.8, 4) is 28.7 Å². The van der Waals surface area contributed by atoms with Gasteiger partial charge < -0.3 is 23.7 Å². The molecule has 0 aliphatic heterocycles. The van der Waals surface area contributed by atoms with Gasteiger partial charge in [-0.2, -0.15) is 5.10 Å². The first-order valence-corrected chi connectivity index (χ1v) is 10.6. The van der Waals surface area contributed by atoms with Gasteiger partial charge in [-0.15, -0.1) is 0 Å². The van der Waals surface area contributed by atoms with Crippen LogP contribution in [0.2, 0.25) is 5.02 Å². The van der Waals surface area contributed by atoms with E-state index in [1.165, 1.54) is 27.5 Å². The Kier molecular flexibility index (Phi) is 8.59. The topological polar surface area (TPSA) is 87.6 Å². The molecule has 0 bridgehead atoms. The number of ether oxygens (including phenoxy) is 5. The molecule has 0 unspecified atom stereocenters. The average molecular weight is 485 g/mol. The average Bonchev–Trinajstić information content (AvgIpc) is 2.87. The fraction of sp³-hybridized carbons (Fsp3) is 0.200. The first-order valence-electron chi connectivity index (χ1n) is 10.2. The molecule has 3 aromatic rings. The van der Waals surface area contributed by atoms with Crippen molar-refractivity contribution < 1.29 is 28.5 Å². The molecular formula is C25H25ClN2O6. The zero-order valence-corrected chi connectivity index (χ0v) is 20.0. The molecule has 0 aromatic heterocycles. The summed E-state index contributed by atoms with van der Waals surface area (Å²) in [6.45, 7) is 0.282. The van der Waals surface area contributed by atoms with Crippen molar-refractivity contribution in [2.75, 3.05) is 28.4 Å². The lowest BCUT2D eigenvalue weighted by Gasteiger charge is -2.13. The number of carbonyl (C=O) groups is 1. The van der Waals surface area contributed by atoms with E-state index in [-0.39, 0.29) is 6.61 Å². The summed E-state index contributed by atoms with van der Waals surface area (Å²) in [7, 11) is 6.05. The van der Waals surface area contributed by atoms with Crippen LogP contribution in [-0.2, 0) is 6.61 Å². The van der Waals surface area contributed by atoms with Crippen LogP contribution in [0.5, 0.6) is 28.7 Å².